The number of allylic oxidation sites excluding steroid dienone is 1. The maximum Gasteiger partial charge on any atom is 0.223 e. The molecule has 0 aromatic rings. The second-order valence-electron chi connectivity index (χ2n) is 6.95. The van der Waals surface area contributed by atoms with Crippen LogP contribution < -0.4 is 0 Å². The van der Waals surface area contributed by atoms with Crippen molar-refractivity contribution in [3.05, 3.63) is 12.2 Å². The number of ketones is 1. The highest BCUT2D eigenvalue weighted by molar-refractivity contribution is 5.96. The Morgan fingerprint density at radius 1 is 1.41 bits per heavy atom. The maximum atomic E-state index is 12.4. The van der Waals surface area contributed by atoms with E-state index in [0.717, 1.165) is 25.8 Å². The van der Waals surface area contributed by atoms with E-state index in [4.69, 9.17) is 9.47 Å². The summed E-state index contributed by atoms with van der Waals surface area (Å²) in [6.45, 7) is 4.02. The standard InChI is InChI=1S/C17H25NO4/c1-17-6-5-14(19)12-8-15(17)18(16(20)9-12)10-13(17)4-3-7-22-11-21-2/h5-6,12-13,15H,3-4,7-11H2,1-2H3/t12-,13-,15-,17-/m1/s1. The van der Waals surface area contributed by atoms with E-state index in [-0.39, 0.29) is 29.1 Å². The first kappa shape index (κ1) is 15.7. The molecule has 5 nitrogen and oxygen atoms in total. The molecule has 1 amide bonds. The van der Waals surface area contributed by atoms with Crippen LogP contribution in [-0.2, 0) is 19.1 Å². The van der Waals surface area contributed by atoms with Gasteiger partial charge in [0, 0.05) is 44.1 Å². The molecular formula is C17H25NO4. The Morgan fingerprint density at radius 2 is 2.23 bits per heavy atom. The van der Waals surface area contributed by atoms with Gasteiger partial charge in [0.1, 0.15) is 6.79 Å². The zero-order chi connectivity index (χ0) is 15.7. The fourth-order valence-corrected chi connectivity index (χ4v) is 4.34. The Morgan fingerprint density at radius 3 is 3.00 bits per heavy atom. The van der Waals surface area contributed by atoms with Crippen molar-refractivity contribution >= 4 is 11.7 Å². The summed E-state index contributed by atoms with van der Waals surface area (Å²) in [4.78, 5) is 26.5. The van der Waals surface area contributed by atoms with Crippen LogP contribution in [0.25, 0.3) is 0 Å². The molecule has 2 aliphatic heterocycles. The van der Waals surface area contributed by atoms with Gasteiger partial charge in [-0.05, 0) is 31.3 Å². The number of hydrogen-bond donors (Lipinski definition) is 0. The molecule has 0 saturated carbocycles. The highest BCUT2D eigenvalue weighted by Gasteiger charge is 2.55. The first-order valence-electron chi connectivity index (χ1n) is 8.15. The van der Waals surface area contributed by atoms with Crippen LogP contribution in [0.4, 0.5) is 0 Å². The molecule has 2 heterocycles. The minimum atomic E-state index is -0.101. The average molecular weight is 307 g/mol. The van der Waals surface area contributed by atoms with Gasteiger partial charge in [0.2, 0.25) is 5.91 Å². The van der Waals surface area contributed by atoms with Crippen molar-refractivity contribution in [3.8, 4) is 0 Å². The normalized spacial score (nSPS) is 36.8. The first-order chi connectivity index (χ1) is 10.6. The number of ether oxygens (including phenoxy) is 2. The Balaban J connectivity index is 1.72. The minimum Gasteiger partial charge on any atom is -0.359 e. The van der Waals surface area contributed by atoms with E-state index in [9.17, 15) is 9.59 Å². The molecular weight excluding hydrogens is 282 g/mol. The summed E-state index contributed by atoms with van der Waals surface area (Å²) in [5, 5.41) is 0. The third kappa shape index (κ3) is 2.61. The quantitative estimate of drug-likeness (QED) is 0.554. The highest BCUT2D eigenvalue weighted by Crippen LogP contribution is 2.51. The van der Waals surface area contributed by atoms with Crippen molar-refractivity contribution < 1.29 is 19.1 Å². The van der Waals surface area contributed by atoms with Crippen molar-refractivity contribution in [2.24, 2.45) is 17.3 Å². The van der Waals surface area contributed by atoms with Crippen LogP contribution in [0.2, 0.25) is 0 Å². The summed E-state index contributed by atoms with van der Waals surface area (Å²) in [5.41, 5.74) is -0.0816. The topological polar surface area (TPSA) is 55.8 Å². The summed E-state index contributed by atoms with van der Waals surface area (Å²) < 4.78 is 10.2. The van der Waals surface area contributed by atoms with Gasteiger partial charge >= 0.3 is 0 Å². The molecule has 1 aliphatic carbocycles. The summed E-state index contributed by atoms with van der Waals surface area (Å²) in [6.07, 6.45) is 6.98. The summed E-state index contributed by atoms with van der Waals surface area (Å²) in [5.74, 6) is 0.581. The lowest BCUT2D eigenvalue weighted by atomic mass is 9.71. The molecule has 2 saturated heterocycles. The lowest BCUT2D eigenvalue weighted by molar-refractivity contribution is -0.140. The van der Waals surface area contributed by atoms with E-state index in [2.05, 4.69) is 13.0 Å². The number of rotatable bonds is 6. The van der Waals surface area contributed by atoms with Gasteiger partial charge in [0.05, 0.1) is 0 Å². The van der Waals surface area contributed by atoms with Gasteiger partial charge in [-0.2, -0.15) is 0 Å². The van der Waals surface area contributed by atoms with Gasteiger partial charge in [-0.15, -0.1) is 0 Å². The van der Waals surface area contributed by atoms with E-state index in [0.29, 0.717) is 25.7 Å². The monoisotopic (exact) mass is 307 g/mol. The fourth-order valence-electron chi connectivity index (χ4n) is 4.34. The van der Waals surface area contributed by atoms with Crippen LogP contribution >= 0.6 is 0 Å². The van der Waals surface area contributed by atoms with Crippen molar-refractivity contribution in [1.82, 2.24) is 4.90 Å². The van der Waals surface area contributed by atoms with E-state index in [1.807, 2.05) is 4.90 Å². The molecule has 4 atom stereocenters. The number of methoxy groups -OCH3 is 1. The number of fused-ring (bicyclic) bond motifs is 1. The van der Waals surface area contributed by atoms with Crippen molar-refractivity contribution in [2.75, 3.05) is 27.1 Å². The van der Waals surface area contributed by atoms with Gasteiger partial charge < -0.3 is 14.4 Å². The molecule has 122 valence electrons. The smallest absolute Gasteiger partial charge is 0.223 e. The van der Waals surface area contributed by atoms with Crippen molar-refractivity contribution in [2.45, 2.75) is 38.6 Å². The Kier molecular flexibility index (Phi) is 4.37. The molecule has 0 N–H and O–H groups in total. The van der Waals surface area contributed by atoms with Crippen LogP contribution in [0.3, 0.4) is 0 Å². The van der Waals surface area contributed by atoms with Crippen LogP contribution in [0, 0.1) is 17.3 Å². The van der Waals surface area contributed by atoms with Crippen LogP contribution in [0.15, 0.2) is 12.2 Å². The second kappa shape index (κ2) is 6.13. The first-order valence-corrected chi connectivity index (χ1v) is 8.15. The van der Waals surface area contributed by atoms with Gasteiger partial charge in [-0.3, -0.25) is 9.59 Å². The van der Waals surface area contributed by atoms with E-state index < -0.39 is 0 Å². The number of nitrogens with zero attached hydrogens (tertiary/aromatic N) is 1. The summed E-state index contributed by atoms with van der Waals surface area (Å²) in [6, 6.07) is 0.186. The van der Waals surface area contributed by atoms with Gasteiger partial charge in [-0.25, -0.2) is 0 Å². The third-order valence-corrected chi connectivity index (χ3v) is 5.69. The van der Waals surface area contributed by atoms with Gasteiger partial charge in [0.25, 0.3) is 0 Å². The van der Waals surface area contributed by atoms with Gasteiger partial charge in [-0.1, -0.05) is 13.0 Å². The summed E-state index contributed by atoms with van der Waals surface area (Å²) >= 11 is 0. The van der Waals surface area contributed by atoms with Gasteiger partial charge in [0.15, 0.2) is 5.78 Å². The van der Waals surface area contributed by atoms with Crippen LogP contribution in [-0.4, -0.2) is 49.7 Å². The SMILES string of the molecule is COCOCCC[C@@H]1CN2C(=O)C[C@H]3C[C@@H]2[C@]1(C)C=CC3=O. The molecule has 5 heteroatoms. The number of hydrogen-bond acceptors (Lipinski definition) is 4. The van der Waals surface area contributed by atoms with Crippen LogP contribution in [0.5, 0.6) is 0 Å². The molecule has 22 heavy (non-hydrogen) atoms. The molecule has 0 aromatic heterocycles. The Labute approximate surface area is 131 Å². The summed E-state index contributed by atoms with van der Waals surface area (Å²) in [7, 11) is 1.62. The zero-order valence-electron chi connectivity index (χ0n) is 13.4. The van der Waals surface area contributed by atoms with Crippen molar-refractivity contribution in [1.29, 1.82) is 0 Å². The minimum absolute atomic E-state index is 0.0816. The number of carbonyl (C=O) groups excluding carboxylic acids is 2. The Hall–Kier alpha value is -1.20. The molecule has 0 radical (unpaired) electrons. The molecule has 3 rings (SSSR count). The predicted octanol–water partition coefficient (Wildman–Crippen LogP) is 1.77. The average Bonchev–Trinajstić information content (AvgIpc) is 2.73. The number of amides is 1. The molecule has 0 aromatic carbocycles. The highest BCUT2D eigenvalue weighted by atomic mass is 16.7. The molecule has 3 aliphatic rings. The second-order valence-corrected chi connectivity index (χ2v) is 6.95. The van der Waals surface area contributed by atoms with E-state index in [1.54, 1.807) is 13.2 Å². The fraction of sp³-hybridized carbons (Fsp3) is 0.765. The molecule has 0 spiro atoms. The van der Waals surface area contributed by atoms with Crippen LogP contribution in [0.1, 0.15) is 32.6 Å². The number of carbonyl (C=O) groups is 2. The predicted molar refractivity (Wildman–Crippen MR) is 81.0 cm³/mol. The van der Waals surface area contributed by atoms with E-state index in [1.165, 1.54) is 0 Å². The maximum absolute atomic E-state index is 12.4. The molecule has 2 fully saturated rings. The largest absolute Gasteiger partial charge is 0.359 e. The Bertz CT molecular complexity index is 489. The van der Waals surface area contributed by atoms with Crippen molar-refractivity contribution in [3.63, 3.8) is 0 Å². The number of piperidine rings is 1. The zero-order valence-corrected chi connectivity index (χ0v) is 13.4. The lowest BCUT2D eigenvalue weighted by Gasteiger charge is -2.38. The third-order valence-electron chi connectivity index (χ3n) is 5.69. The molecule has 2 bridgehead atoms. The lowest BCUT2D eigenvalue weighted by Crippen LogP contribution is -2.47. The molecule has 0 unspecified atom stereocenters. The van der Waals surface area contributed by atoms with E-state index >= 15 is 0 Å².